The van der Waals surface area contributed by atoms with E-state index in [0.717, 1.165) is 0 Å². The summed E-state index contributed by atoms with van der Waals surface area (Å²) in [5, 5.41) is 14.4. The van der Waals surface area contributed by atoms with Gasteiger partial charge < -0.3 is 26.3 Å². The zero-order chi connectivity index (χ0) is 9.40. The van der Waals surface area contributed by atoms with Crippen LogP contribution in [-0.2, 0) is 4.79 Å². The predicted octanol–water partition coefficient (Wildman–Crippen LogP) is -5.61. The Bertz CT molecular complexity index is 165. The first-order valence-corrected chi connectivity index (χ1v) is 3.58. The number of aliphatic carboxylic acids is 1. The molecule has 4 N–H and O–H groups in total. The van der Waals surface area contributed by atoms with Gasteiger partial charge in [-0.25, -0.2) is 4.79 Å². The molecule has 7 heteroatoms. The Kier molecular flexibility index (Phi) is 10.7. The second-order valence-corrected chi connectivity index (χ2v) is 2.12. The van der Waals surface area contributed by atoms with E-state index < -0.39 is 18.5 Å². The molecule has 0 aromatic rings. The zero-order valence-electron chi connectivity index (χ0n) is 7.63. The minimum atomic E-state index is -1.32. The first-order chi connectivity index (χ1) is 5.66. The van der Waals surface area contributed by atoms with Crippen molar-refractivity contribution in [2.24, 2.45) is 5.73 Å². The molecule has 0 rings (SSSR count). The van der Waals surface area contributed by atoms with E-state index in [1.165, 1.54) is 0 Å². The standard InChI is InChI=1S/C6H13N3O3.Li/c7-2-1-3-8-6(12)9-4-5(10)11;/h1-4,7H2,(H,10,11)(H2,8,9,12);/q;+1/p-1. The molecular formula is C6H12LiN3O3. The minimum Gasteiger partial charge on any atom is -0.548 e. The minimum absolute atomic E-state index is 0. The number of urea groups is 1. The molecule has 0 aliphatic rings. The normalized spacial score (nSPS) is 8.38. The van der Waals surface area contributed by atoms with Gasteiger partial charge in [-0.3, -0.25) is 0 Å². The van der Waals surface area contributed by atoms with Crippen molar-refractivity contribution < 1.29 is 33.6 Å². The average molecular weight is 181 g/mol. The maximum atomic E-state index is 10.7. The second-order valence-electron chi connectivity index (χ2n) is 2.12. The quantitative estimate of drug-likeness (QED) is 0.290. The van der Waals surface area contributed by atoms with Gasteiger partial charge in [0, 0.05) is 6.54 Å². The van der Waals surface area contributed by atoms with Crippen LogP contribution in [0.1, 0.15) is 6.42 Å². The molecule has 0 radical (unpaired) electrons. The van der Waals surface area contributed by atoms with Gasteiger partial charge in [-0.15, -0.1) is 0 Å². The Labute approximate surface area is 88.4 Å². The maximum absolute atomic E-state index is 10.7. The van der Waals surface area contributed by atoms with Crippen LogP contribution in [0.15, 0.2) is 0 Å². The topological polar surface area (TPSA) is 107 Å². The molecule has 0 unspecified atom stereocenters. The van der Waals surface area contributed by atoms with Crippen LogP contribution in [0.3, 0.4) is 0 Å². The Hall–Kier alpha value is -0.703. The van der Waals surface area contributed by atoms with E-state index >= 15 is 0 Å². The summed E-state index contributed by atoms with van der Waals surface area (Å²) < 4.78 is 0. The third kappa shape index (κ3) is 11.3. The molecule has 0 bridgehead atoms. The first kappa shape index (κ1) is 14.8. The van der Waals surface area contributed by atoms with Crippen LogP contribution in [0.2, 0.25) is 0 Å². The zero-order valence-corrected chi connectivity index (χ0v) is 7.63. The largest absolute Gasteiger partial charge is 1.00 e. The average Bonchev–Trinajstić information content (AvgIpc) is 2.01. The fourth-order valence-corrected chi connectivity index (χ4v) is 0.519. The molecule has 0 atom stereocenters. The fraction of sp³-hybridized carbons (Fsp3) is 0.667. The second kappa shape index (κ2) is 9.39. The number of amides is 2. The van der Waals surface area contributed by atoms with Crippen LogP contribution < -0.4 is 40.3 Å². The molecule has 0 aliphatic heterocycles. The number of carboxylic acids is 1. The van der Waals surface area contributed by atoms with Crippen molar-refractivity contribution >= 4 is 12.0 Å². The Morgan fingerprint density at radius 2 is 1.92 bits per heavy atom. The fourth-order valence-electron chi connectivity index (χ4n) is 0.519. The monoisotopic (exact) mass is 181 g/mol. The van der Waals surface area contributed by atoms with Gasteiger partial charge in [-0.1, -0.05) is 0 Å². The number of rotatable bonds is 5. The van der Waals surface area contributed by atoms with Crippen LogP contribution >= 0.6 is 0 Å². The van der Waals surface area contributed by atoms with Gasteiger partial charge in [0.05, 0.1) is 12.5 Å². The molecule has 0 spiro atoms. The number of carboxylic acid groups (broad SMARTS) is 1. The molecule has 2 amide bonds. The molecular weight excluding hydrogens is 169 g/mol. The van der Waals surface area contributed by atoms with E-state index in [9.17, 15) is 14.7 Å². The Balaban J connectivity index is 0. The third-order valence-electron chi connectivity index (χ3n) is 1.06. The van der Waals surface area contributed by atoms with Gasteiger partial charge >= 0.3 is 24.9 Å². The summed E-state index contributed by atoms with van der Waals surface area (Å²) >= 11 is 0. The van der Waals surface area contributed by atoms with Crippen molar-refractivity contribution in [3.05, 3.63) is 0 Å². The van der Waals surface area contributed by atoms with Crippen molar-refractivity contribution in [2.45, 2.75) is 6.42 Å². The molecule has 0 aromatic heterocycles. The van der Waals surface area contributed by atoms with E-state index in [-0.39, 0.29) is 18.9 Å². The molecule has 0 saturated heterocycles. The van der Waals surface area contributed by atoms with E-state index in [1.807, 2.05) is 0 Å². The van der Waals surface area contributed by atoms with Gasteiger partial charge in [0.15, 0.2) is 0 Å². The van der Waals surface area contributed by atoms with Gasteiger partial charge in [0.2, 0.25) is 0 Å². The van der Waals surface area contributed by atoms with E-state index in [4.69, 9.17) is 5.73 Å². The van der Waals surface area contributed by atoms with Crippen molar-refractivity contribution in [3.8, 4) is 0 Å². The van der Waals surface area contributed by atoms with Crippen LogP contribution in [-0.4, -0.2) is 31.6 Å². The summed E-state index contributed by atoms with van der Waals surface area (Å²) in [6, 6.07) is -0.521. The number of nitrogens with one attached hydrogen (secondary N) is 2. The number of hydrogen-bond donors (Lipinski definition) is 3. The van der Waals surface area contributed by atoms with Crippen LogP contribution in [0.5, 0.6) is 0 Å². The number of hydrogen-bond acceptors (Lipinski definition) is 4. The smallest absolute Gasteiger partial charge is 0.548 e. The van der Waals surface area contributed by atoms with Crippen LogP contribution in [0.25, 0.3) is 0 Å². The molecule has 13 heavy (non-hydrogen) atoms. The van der Waals surface area contributed by atoms with Crippen LogP contribution in [0.4, 0.5) is 4.79 Å². The summed E-state index contributed by atoms with van der Waals surface area (Å²) in [5.41, 5.74) is 5.16. The van der Waals surface area contributed by atoms with Crippen molar-refractivity contribution in [2.75, 3.05) is 19.6 Å². The number of carbonyl (C=O) groups is 2. The molecule has 0 fully saturated rings. The molecule has 0 heterocycles. The number of nitrogens with two attached hydrogens (primary N) is 1. The van der Waals surface area contributed by atoms with E-state index in [2.05, 4.69) is 10.6 Å². The number of carbonyl (C=O) groups excluding carboxylic acids is 2. The SMILES string of the molecule is NCCCNC(=O)NCC(=O)[O-].[Li+]. The molecule has 0 saturated carbocycles. The van der Waals surface area contributed by atoms with E-state index in [0.29, 0.717) is 19.5 Å². The Morgan fingerprint density at radius 3 is 2.38 bits per heavy atom. The summed E-state index contributed by atoms with van der Waals surface area (Å²) in [7, 11) is 0. The van der Waals surface area contributed by atoms with Crippen molar-refractivity contribution in [3.63, 3.8) is 0 Å². The maximum Gasteiger partial charge on any atom is 1.00 e. The van der Waals surface area contributed by atoms with Gasteiger partial charge in [0.25, 0.3) is 0 Å². The summed E-state index contributed by atoms with van der Waals surface area (Å²) in [6.45, 7) is 0.449. The van der Waals surface area contributed by atoms with Crippen LogP contribution in [0, 0.1) is 0 Å². The Morgan fingerprint density at radius 1 is 1.31 bits per heavy atom. The van der Waals surface area contributed by atoms with Crippen molar-refractivity contribution in [1.82, 2.24) is 10.6 Å². The first-order valence-electron chi connectivity index (χ1n) is 3.58. The molecule has 70 valence electrons. The van der Waals surface area contributed by atoms with Gasteiger partial charge in [0.1, 0.15) is 0 Å². The third-order valence-corrected chi connectivity index (χ3v) is 1.06. The van der Waals surface area contributed by atoms with E-state index in [1.54, 1.807) is 0 Å². The molecule has 6 nitrogen and oxygen atoms in total. The summed E-state index contributed by atoms with van der Waals surface area (Å²) in [5.74, 6) is -1.32. The molecule has 0 aromatic carbocycles. The van der Waals surface area contributed by atoms with Gasteiger partial charge in [-0.2, -0.15) is 0 Å². The molecule has 0 aliphatic carbocycles. The predicted molar refractivity (Wildman–Crippen MR) is 40.1 cm³/mol. The van der Waals surface area contributed by atoms with Gasteiger partial charge in [-0.05, 0) is 13.0 Å². The summed E-state index contributed by atoms with van der Waals surface area (Å²) in [6.07, 6.45) is 0.665. The summed E-state index contributed by atoms with van der Waals surface area (Å²) in [4.78, 5) is 20.5. The van der Waals surface area contributed by atoms with Crippen molar-refractivity contribution in [1.29, 1.82) is 0 Å².